The van der Waals surface area contributed by atoms with Gasteiger partial charge in [0, 0.05) is 0 Å². The second kappa shape index (κ2) is 5.08. The number of carbonyl (C=O) groups excluding carboxylic acids is 1. The van der Waals surface area contributed by atoms with Crippen molar-refractivity contribution in [3.05, 3.63) is 41.9 Å². The highest BCUT2D eigenvalue weighted by atomic mass is 16.5. The fourth-order valence-corrected chi connectivity index (χ4v) is 1.86. The zero-order chi connectivity index (χ0) is 14.0. The Labute approximate surface area is 108 Å². The second-order valence-corrected chi connectivity index (χ2v) is 4.13. The number of ether oxygens (including phenoxy) is 2. The van der Waals surface area contributed by atoms with E-state index in [4.69, 9.17) is 10.8 Å². The van der Waals surface area contributed by atoms with E-state index in [2.05, 4.69) is 0 Å². The molecule has 0 saturated carbocycles. The minimum Gasteiger partial charge on any atom is -0.497 e. The van der Waals surface area contributed by atoms with E-state index in [1.165, 1.54) is 7.11 Å². The molecule has 2 aromatic rings. The van der Waals surface area contributed by atoms with Crippen molar-refractivity contribution in [1.29, 1.82) is 0 Å². The number of fused-ring (bicyclic) bond motifs is 1. The third-order valence-corrected chi connectivity index (χ3v) is 3.02. The Morgan fingerprint density at radius 1 is 1.22 bits per heavy atom. The van der Waals surface area contributed by atoms with Crippen LogP contribution in [0.5, 0.6) is 5.75 Å². The molecule has 0 N–H and O–H groups in total. The summed E-state index contributed by atoms with van der Waals surface area (Å²) in [6, 6.07) is 9.59. The van der Waals surface area contributed by atoms with Gasteiger partial charge in [-0.3, -0.25) is 4.79 Å². The number of hydrogen-bond acceptors (Lipinski definition) is 3. The molecule has 3 heteroatoms. The van der Waals surface area contributed by atoms with Gasteiger partial charge >= 0.3 is 5.97 Å². The molecule has 0 aromatic heterocycles. The van der Waals surface area contributed by atoms with Crippen molar-refractivity contribution in [3.63, 3.8) is 0 Å². The number of methoxy groups -OCH3 is 2. The zero-order valence-corrected chi connectivity index (χ0v) is 10.7. The highest BCUT2D eigenvalue weighted by Gasteiger charge is 2.15. The first-order chi connectivity index (χ1) is 9.06. The summed E-state index contributed by atoms with van der Waals surface area (Å²) >= 11 is 0. The molecule has 0 aliphatic heterocycles. The molecule has 94 valence electrons. The molecule has 0 bridgehead atoms. The van der Waals surface area contributed by atoms with Crippen LogP contribution in [0.4, 0.5) is 0 Å². The lowest BCUT2D eigenvalue weighted by molar-refractivity contribution is -0.141. The molecule has 0 heterocycles. The molecule has 0 spiro atoms. The number of hydrogen-bond donors (Lipinski definition) is 0. The lowest BCUT2D eigenvalue weighted by Gasteiger charge is -2.10. The van der Waals surface area contributed by atoms with Crippen LogP contribution in [0.15, 0.2) is 36.4 Å². The fourth-order valence-electron chi connectivity index (χ4n) is 1.86. The maximum absolute atomic E-state index is 11.6. The second-order valence-electron chi connectivity index (χ2n) is 4.13. The first kappa shape index (κ1) is 11.1. The quantitative estimate of drug-likeness (QED) is 0.779. The monoisotopic (exact) mass is 245 g/mol. The summed E-state index contributed by atoms with van der Waals surface area (Å²) in [5, 5.41) is 1.90. The lowest BCUT2D eigenvalue weighted by Crippen LogP contribution is -2.10. The van der Waals surface area contributed by atoms with Crippen LogP contribution >= 0.6 is 0 Å². The smallest absolute Gasteiger partial charge is 0.312 e. The summed E-state index contributed by atoms with van der Waals surface area (Å²) in [7, 11) is 2.96. The van der Waals surface area contributed by atoms with Crippen molar-refractivity contribution in [2.75, 3.05) is 14.2 Å². The van der Waals surface area contributed by atoms with Gasteiger partial charge in [-0.2, -0.15) is 0 Å². The molecule has 2 aromatic carbocycles. The summed E-state index contributed by atoms with van der Waals surface area (Å²) in [6.07, 6.45) is 0. The first-order valence-corrected chi connectivity index (χ1v) is 5.73. The molecule has 3 nitrogen and oxygen atoms in total. The minimum atomic E-state index is -0.441. The highest BCUT2D eigenvalue weighted by molar-refractivity contribution is 5.86. The van der Waals surface area contributed by atoms with E-state index in [9.17, 15) is 4.79 Å². The van der Waals surface area contributed by atoms with Gasteiger partial charge in [-0.25, -0.2) is 0 Å². The molecule has 0 aliphatic carbocycles. The Kier molecular flexibility index (Phi) is 3.13. The van der Waals surface area contributed by atoms with Crippen molar-refractivity contribution in [2.24, 2.45) is 0 Å². The van der Waals surface area contributed by atoms with Gasteiger partial charge in [0.15, 0.2) is 0 Å². The van der Waals surface area contributed by atoms with E-state index >= 15 is 0 Å². The van der Waals surface area contributed by atoms with Crippen LogP contribution in [0.25, 0.3) is 10.8 Å². The van der Waals surface area contributed by atoms with Crippen molar-refractivity contribution in [2.45, 2.75) is 12.8 Å². The molecular formula is C15H16O3. The Morgan fingerprint density at radius 3 is 2.61 bits per heavy atom. The van der Waals surface area contributed by atoms with Gasteiger partial charge in [-0.15, -0.1) is 0 Å². The highest BCUT2D eigenvalue weighted by Crippen LogP contribution is 2.25. The van der Waals surface area contributed by atoms with E-state index in [1.807, 2.05) is 24.3 Å². The normalized spacial score (nSPS) is 12.9. The summed E-state index contributed by atoms with van der Waals surface area (Å²) in [5.41, 5.74) is 0.671. The summed E-state index contributed by atoms with van der Waals surface area (Å²) in [4.78, 5) is 11.6. The van der Waals surface area contributed by atoms with Gasteiger partial charge in [0.2, 0.25) is 0 Å². The SMILES string of the molecule is [2H]c1cc2cc(OC)ccc2cc1C(C)C(=O)OC. The van der Waals surface area contributed by atoms with Gasteiger partial charge < -0.3 is 9.47 Å². The van der Waals surface area contributed by atoms with E-state index in [-0.39, 0.29) is 5.97 Å². The molecule has 1 atom stereocenters. The summed E-state index contributed by atoms with van der Waals surface area (Å²) in [5.74, 6) is -0.0222. The van der Waals surface area contributed by atoms with Gasteiger partial charge in [0.05, 0.1) is 21.5 Å². The average Bonchev–Trinajstić information content (AvgIpc) is 2.44. The Hall–Kier alpha value is -2.03. The molecular weight excluding hydrogens is 228 g/mol. The summed E-state index contributed by atoms with van der Waals surface area (Å²) < 4.78 is 17.9. The Bertz CT molecular complexity index is 622. The number of benzene rings is 2. The fraction of sp³-hybridized carbons (Fsp3) is 0.267. The Balaban J connectivity index is 2.53. The van der Waals surface area contributed by atoms with E-state index in [0.717, 1.165) is 16.5 Å². The number of esters is 1. The first-order valence-electron chi connectivity index (χ1n) is 6.23. The Morgan fingerprint density at radius 2 is 1.94 bits per heavy atom. The zero-order valence-electron chi connectivity index (χ0n) is 11.7. The van der Waals surface area contributed by atoms with Crippen LogP contribution in [0.3, 0.4) is 0 Å². The maximum atomic E-state index is 11.6. The largest absolute Gasteiger partial charge is 0.497 e. The predicted molar refractivity (Wildman–Crippen MR) is 70.9 cm³/mol. The average molecular weight is 245 g/mol. The molecule has 0 radical (unpaired) electrons. The van der Waals surface area contributed by atoms with Gasteiger partial charge in [0.1, 0.15) is 5.75 Å². The molecule has 0 saturated heterocycles. The van der Waals surface area contributed by atoms with Crippen LogP contribution in [-0.2, 0) is 9.53 Å². The van der Waals surface area contributed by atoms with Gasteiger partial charge in [-0.1, -0.05) is 24.2 Å². The third-order valence-electron chi connectivity index (χ3n) is 3.02. The van der Waals surface area contributed by atoms with Gasteiger partial charge in [-0.05, 0) is 35.4 Å². The number of carbonyl (C=O) groups is 1. The molecule has 18 heavy (non-hydrogen) atoms. The van der Waals surface area contributed by atoms with E-state index in [1.54, 1.807) is 20.1 Å². The third kappa shape index (κ3) is 2.30. The van der Waals surface area contributed by atoms with Crippen molar-refractivity contribution >= 4 is 16.7 Å². The van der Waals surface area contributed by atoms with Crippen LogP contribution in [-0.4, -0.2) is 20.2 Å². The maximum Gasteiger partial charge on any atom is 0.312 e. The van der Waals surface area contributed by atoms with Crippen LogP contribution in [0.1, 0.15) is 19.8 Å². The predicted octanol–water partition coefficient (Wildman–Crippen LogP) is 3.12. The molecule has 2 rings (SSSR count). The minimum absolute atomic E-state index is 0.332. The van der Waals surface area contributed by atoms with Crippen molar-refractivity contribution in [1.82, 2.24) is 0 Å². The lowest BCUT2D eigenvalue weighted by atomic mass is 9.98. The van der Waals surface area contributed by atoms with E-state index < -0.39 is 5.92 Å². The molecule has 0 amide bonds. The van der Waals surface area contributed by atoms with Crippen molar-refractivity contribution < 1.29 is 15.6 Å². The summed E-state index contributed by atoms with van der Waals surface area (Å²) in [6.45, 7) is 1.74. The molecule has 0 aliphatic rings. The number of rotatable bonds is 3. The van der Waals surface area contributed by atoms with Crippen LogP contribution in [0, 0.1) is 0 Å². The van der Waals surface area contributed by atoms with Gasteiger partial charge in [0.25, 0.3) is 0 Å². The molecule has 0 fully saturated rings. The standard InChI is InChI=1S/C15H16O3/c1-10(15(16)18-3)11-4-5-13-9-14(17-2)7-6-12(13)8-11/h4-10H,1-3H3/i4D. The van der Waals surface area contributed by atoms with Crippen LogP contribution in [0.2, 0.25) is 0 Å². The van der Waals surface area contributed by atoms with E-state index in [0.29, 0.717) is 11.6 Å². The topological polar surface area (TPSA) is 35.5 Å². The van der Waals surface area contributed by atoms with Crippen molar-refractivity contribution in [3.8, 4) is 5.75 Å². The molecule has 1 unspecified atom stereocenters. The van der Waals surface area contributed by atoms with Crippen LogP contribution < -0.4 is 4.74 Å².